The molecule has 0 unspecified atom stereocenters. The molecule has 23 heavy (non-hydrogen) atoms. The third kappa shape index (κ3) is 3.07. The Balaban J connectivity index is 2.01. The van der Waals surface area contributed by atoms with E-state index in [1.54, 1.807) is 0 Å². The van der Waals surface area contributed by atoms with E-state index in [-0.39, 0.29) is 0 Å². The Kier molecular flexibility index (Phi) is 4.33. The topological polar surface area (TPSA) is 39.4 Å². The van der Waals surface area contributed by atoms with Gasteiger partial charge in [0.1, 0.15) is 5.75 Å². The summed E-state index contributed by atoms with van der Waals surface area (Å²) in [6.45, 7) is 8.94. The van der Waals surface area contributed by atoms with Gasteiger partial charge < -0.3 is 4.74 Å². The van der Waals surface area contributed by atoms with Crippen molar-refractivity contribution >= 4 is 5.65 Å². The Bertz CT molecular complexity index is 819. The predicted molar refractivity (Wildman–Crippen MR) is 92.3 cm³/mol. The molecule has 0 saturated heterocycles. The second-order valence-corrected chi connectivity index (χ2v) is 5.81. The van der Waals surface area contributed by atoms with Crippen LogP contribution in [-0.4, -0.2) is 21.2 Å². The van der Waals surface area contributed by atoms with E-state index in [0.717, 1.165) is 41.3 Å². The molecule has 2 aromatic heterocycles. The minimum Gasteiger partial charge on any atom is -0.494 e. The number of fused-ring (bicyclic) bond motifs is 1. The SMILES string of the molecule is CCOc1ccc(Cc2c(CC)nn3c(C)cc(C)nc23)cc1. The van der Waals surface area contributed by atoms with Crippen LogP contribution in [0.15, 0.2) is 30.3 Å². The second kappa shape index (κ2) is 6.41. The number of hydrogen-bond donors (Lipinski definition) is 0. The van der Waals surface area contributed by atoms with Crippen LogP contribution in [-0.2, 0) is 12.8 Å². The predicted octanol–water partition coefficient (Wildman–Crippen LogP) is 3.90. The van der Waals surface area contributed by atoms with E-state index in [9.17, 15) is 0 Å². The molecule has 4 nitrogen and oxygen atoms in total. The van der Waals surface area contributed by atoms with Crippen LogP contribution in [0.5, 0.6) is 5.75 Å². The zero-order valence-electron chi connectivity index (χ0n) is 14.3. The summed E-state index contributed by atoms with van der Waals surface area (Å²) in [5, 5.41) is 4.74. The lowest BCUT2D eigenvalue weighted by molar-refractivity contribution is 0.340. The molecule has 0 aliphatic heterocycles. The van der Waals surface area contributed by atoms with Gasteiger partial charge in [-0.1, -0.05) is 19.1 Å². The van der Waals surface area contributed by atoms with E-state index in [4.69, 9.17) is 14.8 Å². The van der Waals surface area contributed by atoms with Gasteiger partial charge in [-0.05, 0) is 51.0 Å². The standard InChI is InChI=1S/C19H23N3O/c1-5-18-17(12-15-7-9-16(10-8-15)23-6-2)19-20-13(3)11-14(4)22(19)21-18/h7-11H,5-6,12H2,1-4H3. The Hall–Kier alpha value is -2.36. The maximum absolute atomic E-state index is 5.51. The molecular weight excluding hydrogens is 286 g/mol. The Morgan fingerprint density at radius 1 is 1.09 bits per heavy atom. The highest BCUT2D eigenvalue weighted by Gasteiger charge is 2.15. The molecule has 3 aromatic rings. The maximum Gasteiger partial charge on any atom is 0.159 e. The number of nitrogens with zero attached hydrogens (tertiary/aromatic N) is 3. The summed E-state index contributed by atoms with van der Waals surface area (Å²) in [5.74, 6) is 0.914. The number of rotatable bonds is 5. The molecule has 2 heterocycles. The van der Waals surface area contributed by atoms with Crippen LogP contribution in [0.25, 0.3) is 5.65 Å². The van der Waals surface area contributed by atoms with E-state index < -0.39 is 0 Å². The molecule has 0 radical (unpaired) electrons. The highest BCUT2D eigenvalue weighted by atomic mass is 16.5. The highest BCUT2D eigenvalue weighted by molar-refractivity contribution is 5.53. The van der Waals surface area contributed by atoms with Gasteiger partial charge in [0.25, 0.3) is 0 Å². The maximum atomic E-state index is 5.51. The first-order chi connectivity index (χ1) is 11.1. The van der Waals surface area contributed by atoms with Crippen LogP contribution in [0.1, 0.15) is 42.1 Å². The number of hydrogen-bond acceptors (Lipinski definition) is 3. The summed E-state index contributed by atoms with van der Waals surface area (Å²) in [7, 11) is 0. The lowest BCUT2D eigenvalue weighted by Gasteiger charge is -2.06. The third-order valence-electron chi connectivity index (χ3n) is 4.02. The van der Waals surface area contributed by atoms with Crippen molar-refractivity contribution in [1.29, 1.82) is 0 Å². The van der Waals surface area contributed by atoms with Crippen molar-refractivity contribution in [3.05, 3.63) is 58.5 Å². The Labute approximate surface area is 137 Å². The highest BCUT2D eigenvalue weighted by Crippen LogP contribution is 2.22. The molecule has 0 N–H and O–H groups in total. The molecule has 1 aromatic carbocycles. The van der Waals surface area contributed by atoms with Crippen LogP contribution in [0.3, 0.4) is 0 Å². The van der Waals surface area contributed by atoms with Gasteiger partial charge in [0.2, 0.25) is 0 Å². The van der Waals surface area contributed by atoms with Crippen LogP contribution < -0.4 is 4.74 Å². The van der Waals surface area contributed by atoms with Crippen molar-refractivity contribution in [1.82, 2.24) is 14.6 Å². The van der Waals surface area contributed by atoms with Gasteiger partial charge in [0.15, 0.2) is 5.65 Å². The number of aryl methyl sites for hydroxylation is 3. The molecule has 0 aliphatic carbocycles. The van der Waals surface area contributed by atoms with Gasteiger partial charge in [-0.25, -0.2) is 9.50 Å². The molecule has 0 bridgehead atoms. The van der Waals surface area contributed by atoms with E-state index in [1.165, 1.54) is 11.1 Å². The van der Waals surface area contributed by atoms with Crippen LogP contribution in [0, 0.1) is 13.8 Å². The van der Waals surface area contributed by atoms with Crippen LogP contribution in [0.4, 0.5) is 0 Å². The monoisotopic (exact) mass is 309 g/mol. The van der Waals surface area contributed by atoms with Crippen molar-refractivity contribution in [3.8, 4) is 5.75 Å². The van der Waals surface area contributed by atoms with Crippen molar-refractivity contribution in [2.45, 2.75) is 40.5 Å². The zero-order chi connectivity index (χ0) is 16.4. The van der Waals surface area contributed by atoms with Crippen molar-refractivity contribution < 1.29 is 4.74 Å². The van der Waals surface area contributed by atoms with Gasteiger partial charge in [-0.15, -0.1) is 0 Å². The summed E-state index contributed by atoms with van der Waals surface area (Å²) < 4.78 is 7.48. The van der Waals surface area contributed by atoms with Crippen molar-refractivity contribution in [2.75, 3.05) is 6.61 Å². The fourth-order valence-corrected chi connectivity index (χ4v) is 2.95. The average molecular weight is 309 g/mol. The first-order valence-corrected chi connectivity index (χ1v) is 8.18. The van der Waals surface area contributed by atoms with Crippen LogP contribution in [0.2, 0.25) is 0 Å². The normalized spacial score (nSPS) is 11.1. The zero-order valence-corrected chi connectivity index (χ0v) is 14.3. The largest absolute Gasteiger partial charge is 0.494 e. The van der Waals surface area contributed by atoms with Gasteiger partial charge in [-0.3, -0.25) is 0 Å². The van der Waals surface area contributed by atoms with Crippen molar-refractivity contribution in [3.63, 3.8) is 0 Å². The van der Waals surface area contributed by atoms with Gasteiger partial charge in [0, 0.05) is 23.4 Å². The number of ether oxygens (including phenoxy) is 1. The van der Waals surface area contributed by atoms with Crippen LogP contribution >= 0.6 is 0 Å². The lowest BCUT2D eigenvalue weighted by Crippen LogP contribution is -1.98. The average Bonchev–Trinajstić information content (AvgIpc) is 2.88. The van der Waals surface area contributed by atoms with Crippen molar-refractivity contribution in [2.24, 2.45) is 0 Å². The van der Waals surface area contributed by atoms with Gasteiger partial charge in [-0.2, -0.15) is 5.10 Å². The minimum absolute atomic E-state index is 0.690. The molecule has 0 aliphatic rings. The smallest absolute Gasteiger partial charge is 0.159 e. The molecular formula is C19H23N3O. The number of aromatic nitrogens is 3. The minimum atomic E-state index is 0.690. The molecule has 0 spiro atoms. The fourth-order valence-electron chi connectivity index (χ4n) is 2.95. The van der Waals surface area contributed by atoms with E-state index in [2.05, 4.69) is 32.0 Å². The first-order valence-electron chi connectivity index (χ1n) is 8.18. The van der Waals surface area contributed by atoms with E-state index >= 15 is 0 Å². The molecule has 0 saturated carbocycles. The molecule has 0 fully saturated rings. The summed E-state index contributed by atoms with van der Waals surface area (Å²) in [5.41, 5.74) is 6.74. The van der Waals surface area contributed by atoms with E-state index in [0.29, 0.717) is 6.61 Å². The summed E-state index contributed by atoms with van der Waals surface area (Å²) in [4.78, 5) is 4.72. The number of benzene rings is 1. The molecule has 3 rings (SSSR count). The fraction of sp³-hybridized carbons (Fsp3) is 0.368. The molecule has 0 atom stereocenters. The third-order valence-corrected chi connectivity index (χ3v) is 4.02. The summed E-state index contributed by atoms with van der Waals surface area (Å²) in [6, 6.07) is 10.4. The molecule has 120 valence electrons. The second-order valence-electron chi connectivity index (χ2n) is 5.81. The summed E-state index contributed by atoms with van der Waals surface area (Å²) >= 11 is 0. The van der Waals surface area contributed by atoms with E-state index in [1.807, 2.05) is 30.5 Å². The van der Waals surface area contributed by atoms with Gasteiger partial charge in [0.05, 0.1) is 12.3 Å². The van der Waals surface area contributed by atoms with Gasteiger partial charge >= 0.3 is 0 Å². The first kappa shape index (κ1) is 15.5. The lowest BCUT2D eigenvalue weighted by atomic mass is 10.0. The Morgan fingerprint density at radius 3 is 2.48 bits per heavy atom. The molecule has 0 amide bonds. The quantitative estimate of drug-likeness (QED) is 0.717. The molecule has 4 heteroatoms. The summed E-state index contributed by atoms with van der Waals surface area (Å²) in [6.07, 6.45) is 1.75. The Morgan fingerprint density at radius 2 is 1.83 bits per heavy atom.